The van der Waals surface area contributed by atoms with E-state index >= 15 is 0 Å². The van der Waals surface area contributed by atoms with Crippen molar-refractivity contribution in [2.75, 3.05) is 13.1 Å². The highest BCUT2D eigenvalue weighted by molar-refractivity contribution is 6.30. The summed E-state index contributed by atoms with van der Waals surface area (Å²) < 4.78 is 38.7. The molecule has 0 bridgehead atoms. The fourth-order valence-corrected chi connectivity index (χ4v) is 4.33. The first-order valence-electron chi connectivity index (χ1n) is 10.2. The van der Waals surface area contributed by atoms with Gasteiger partial charge in [0.15, 0.2) is 0 Å². The molecule has 30 heavy (non-hydrogen) atoms. The number of carbonyl (C=O) groups excluding carboxylic acids is 1. The van der Waals surface area contributed by atoms with E-state index in [1.54, 1.807) is 6.07 Å². The van der Waals surface area contributed by atoms with Gasteiger partial charge < -0.3 is 5.32 Å². The van der Waals surface area contributed by atoms with Crippen molar-refractivity contribution in [3.05, 3.63) is 70.2 Å². The molecule has 1 saturated carbocycles. The topological polar surface area (TPSA) is 32.3 Å². The molecule has 1 heterocycles. The van der Waals surface area contributed by atoms with E-state index in [4.69, 9.17) is 11.6 Å². The molecular weight excluding hydrogens is 413 g/mol. The minimum absolute atomic E-state index is 0.0705. The lowest BCUT2D eigenvalue weighted by Crippen LogP contribution is -2.47. The van der Waals surface area contributed by atoms with E-state index in [9.17, 15) is 18.0 Å². The lowest BCUT2D eigenvalue weighted by Gasteiger charge is -2.33. The first-order valence-corrected chi connectivity index (χ1v) is 10.6. The van der Waals surface area contributed by atoms with E-state index in [0.717, 1.165) is 50.4 Å². The maximum absolute atomic E-state index is 12.9. The van der Waals surface area contributed by atoms with E-state index in [1.807, 2.05) is 24.3 Å². The molecule has 0 aromatic heterocycles. The van der Waals surface area contributed by atoms with Crippen LogP contribution in [0.15, 0.2) is 48.5 Å². The second-order valence-corrected chi connectivity index (χ2v) is 8.75. The lowest BCUT2D eigenvalue weighted by atomic mass is 9.94. The second-order valence-electron chi connectivity index (χ2n) is 8.31. The Morgan fingerprint density at radius 3 is 2.37 bits per heavy atom. The largest absolute Gasteiger partial charge is 0.416 e. The molecule has 7 heteroatoms. The number of nitrogens with zero attached hydrogens (tertiary/aromatic N) is 1. The molecule has 2 aromatic rings. The van der Waals surface area contributed by atoms with Crippen LogP contribution in [0.3, 0.4) is 0 Å². The third-order valence-electron chi connectivity index (χ3n) is 6.16. The van der Waals surface area contributed by atoms with Crippen molar-refractivity contribution in [3.63, 3.8) is 0 Å². The maximum atomic E-state index is 12.9. The lowest BCUT2D eigenvalue weighted by molar-refractivity contribution is -0.137. The zero-order chi connectivity index (χ0) is 21.4. The van der Waals surface area contributed by atoms with Gasteiger partial charge in [-0.05, 0) is 55.0 Å². The number of nitrogens with one attached hydrogen (secondary N) is 1. The summed E-state index contributed by atoms with van der Waals surface area (Å²) in [6, 6.07) is 13.1. The third kappa shape index (κ3) is 4.65. The smallest absolute Gasteiger partial charge is 0.353 e. The molecule has 1 amide bonds. The minimum Gasteiger partial charge on any atom is -0.353 e. The Morgan fingerprint density at radius 1 is 1.10 bits per heavy atom. The summed E-state index contributed by atoms with van der Waals surface area (Å²) in [5.41, 5.74) is 0.622. The van der Waals surface area contributed by atoms with E-state index in [1.165, 1.54) is 12.1 Å². The van der Waals surface area contributed by atoms with Crippen molar-refractivity contribution < 1.29 is 18.0 Å². The van der Waals surface area contributed by atoms with Crippen LogP contribution in [0.5, 0.6) is 0 Å². The number of piperidine rings is 1. The third-order valence-corrected chi connectivity index (χ3v) is 6.42. The number of carbonyl (C=O) groups is 1. The Hall–Kier alpha value is -2.05. The number of alkyl halides is 3. The number of halogens is 4. The zero-order valence-corrected chi connectivity index (χ0v) is 17.3. The van der Waals surface area contributed by atoms with E-state index in [0.29, 0.717) is 17.1 Å². The molecule has 1 aliphatic carbocycles. The van der Waals surface area contributed by atoms with Crippen molar-refractivity contribution in [1.82, 2.24) is 10.2 Å². The van der Waals surface area contributed by atoms with E-state index in [-0.39, 0.29) is 11.9 Å². The van der Waals surface area contributed by atoms with E-state index < -0.39 is 17.2 Å². The Morgan fingerprint density at radius 2 is 1.77 bits per heavy atom. The molecule has 2 aliphatic rings. The summed E-state index contributed by atoms with van der Waals surface area (Å²) in [6.45, 7) is 1.98. The van der Waals surface area contributed by atoms with Crippen molar-refractivity contribution >= 4 is 17.5 Å². The zero-order valence-electron chi connectivity index (χ0n) is 16.5. The van der Waals surface area contributed by atoms with Crippen LogP contribution in [0.1, 0.15) is 42.4 Å². The maximum Gasteiger partial charge on any atom is 0.416 e. The number of hydrogen-bond donors (Lipinski definition) is 1. The molecule has 0 atom stereocenters. The predicted molar refractivity (Wildman–Crippen MR) is 110 cm³/mol. The fraction of sp³-hybridized carbons (Fsp3) is 0.435. The highest BCUT2D eigenvalue weighted by Crippen LogP contribution is 2.48. The molecule has 0 radical (unpaired) electrons. The summed E-state index contributed by atoms with van der Waals surface area (Å²) in [7, 11) is 0. The average Bonchev–Trinajstić information content (AvgIpc) is 3.52. The van der Waals surface area contributed by atoms with Crippen LogP contribution in [0, 0.1) is 0 Å². The SMILES string of the molecule is O=C(NC1CCN(Cc2cccc(C(F)(F)F)c2)CC1)C1(c2ccc(Cl)cc2)CC1. The minimum atomic E-state index is -4.32. The van der Waals surface area contributed by atoms with E-state index in [2.05, 4.69) is 10.2 Å². The molecule has 1 aliphatic heterocycles. The number of likely N-dealkylation sites (tertiary alicyclic amines) is 1. The van der Waals surface area contributed by atoms with Gasteiger partial charge in [-0.3, -0.25) is 9.69 Å². The fourth-order valence-electron chi connectivity index (χ4n) is 4.20. The quantitative estimate of drug-likeness (QED) is 0.701. The number of rotatable bonds is 5. The summed E-state index contributed by atoms with van der Waals surface area (Å²) in [5.74, 6) is 0.0705. The highest BCUT2D eigenvalue weighted by atomic mass is 35.5. The molecule has 0 spiro atoms. The Balaban J connectivity index is 1.30. The first-order chi connectivity index (χ1) is 14.3. The Kier molecular flexibility index (Phi) is 5.82. The summed E-state index contributed by atoms with van der Waals surface area (Å²) >= 11 is 5.96. The number of hydrogen-bond acceptors (Lipinski definition) is 2. The molecule has 0 unspecified atom stereocenters. The van der Waals surface area contributed by atoms with Crippen molar-refractivity contribution in [1.29, 1.82) is 0 Å². The van der Waals surface area contributed by atoms with Crippen LogP contribution in [0.4, 0.5) is 13.2 Å². The van der Waals surface area contributed by atoms with Crippen molar-refractivity contribution in [3.8, 4) is 0 Å². The van der Waals surface area contributed by atoms with Crippen LogP contribution in [0.2, 0.25) is 5.02 Å². The van der Waals surface area contributed by atoms with Gasteiger partial charge in [-0.15, -0.1) is 0 Å². The molecule has 160 valence electrons. The molecule has 1 saturated heterocycles. The monoisotopic (exact) mass is 436 g/mol. The highest BCUT2D eigenvalue weighted by Gasteiger charge is 2.51. The van der Waals surface area contributed by atoms with Crippen molar-refractivity contribution in [2.45, 2.75) is 49.9 Å². The van der Waals surface area contributed by atoms with Crippen LogP contribution >= 0.6 is 11.6 Å². The van der Waals surface area contributed by atoms with Gasteiger partial charge >= 0.3 is 6.18 Å². The average molecular weight is 437 g/mol. The summed E-state index contributed by atoms with van der Waals surface area (Å²) in [5, 5.41) is 3.86. The van der Waals surface area contributed by atoms with Crippen LogP contribution in [-0.4, -0.2) is 29.9 Å². The summed E-state index contributed by atoms with van der Waals surface area (Å²) in [4.78, 5) is 15.1. The normalized spacial score (nSPS) is 19.5. The van der Waals surface area contributed by atoms with Crippen LogP contribution in [0.25, 0.3) is 0 Å². The van der Waals surface area contributed by atoms with Crippen LogP contribution < -0.4 is 5.32 Å². The van der Waals surface area contributed by atoms with Gasteiger partial charge in [-0.25, -0.2) is 0 Å². The van der Waals surface area contributed by atoms with Gasteiger partial charge in [0, 0.05) is 30.7 Å². The molecule has 2 aromatic carbocycles. The van der Waals surface area contributed by atoms with Crippen molar-refractivity contribution in [2.24, 2.45) is 0 Å². The Bertz CT molecular complexity index is 901. The number of benzene rings is 2. The summed E-state index contributed by atoms with van der Waals surface area (Å²) in [6.07, 6.45) is -1.05. The van der Waals surface area contributed by atoms with Gasteiger partial charge in [0.05, 0.1) is 11.0 Å². The predicted octanol–water partition coefficient (Wildman–Crippen LogP) is 5.17. The second kappa shape index (κ2) is 8.23. The van der Waals surface area contributed by atoms with Gasteiger partial charge in [0.1, 0.15) is 0 Å². The van der Waals surface area contributed by atoms with Gasteiger partial charge in [-0.1, -0.05) is 41.9 Å². The molecular formula is C23H24ClF3N2O. The molecule has 3 nitrogen and oxygen atoms in total. The van der Waals surface area contributed by atoms with Gasteiger partial charge in [-0.2, -0.15) is 13.2 Å². The van der Waals surface area contributed by atoms with Gasteiger partial charge in [0.2, 0.25) is 5.91 Å². The Labute approximate surface area is 179 Å². The first kappa shape index (κ1) is 21.2. The molecule has 2 fully saturated rings. The standard InChI is InChI=1S/C23H24ClF3N2O/c24-19-6-4-17(5-7-19)22(10-11-22)21(30)28-20-8-12-29(13-9-20)15-16-2-1-3-18(14-16)23(25,26)27/h1-7,14,20H,8-13,15H2,(H,28,30). The molecule has 4 rings (SSSR count). The molecule has 1 N–H and O–H groups in total. The van der Waals surface area contributed by atoms with Gasteiger partial charge in [0.25, 0.3) is 0 Å². The number of amides is 1. The van der Waals surface area contributed by atoms with Crippen LogP contribution in [-0.2, 0) is 22.9 Å².